The van der Waals surface area contributed by atoms with Gasteiger partial charge in [0.1, 0.15) is 17.5 Å². The van der Waals surface area contributed by atoms with Crippen LogP contribution in [0.3, 0.4) is 0 Å². The average Bonchev–Trinajstić information content (AvgIpc) is 3.37. The Morgan fingerprint density at radius 1 is 0.950 bits per heavy atom. The molecular weight excluding hydrogens is 638 g/mol. The first-order chi connectivity index (χ1) is 19.2. The minimum absolute atomic E-state index is 0.0562. The maximum Gasteiger partial charge on any atom is 0.308 e. The smallest absolute Gasteiger partial charge is 0.308 e. The van der Waals surface area contributed by atoms with Gasteiger partial charge in [0.15, 0.2) is 0 Å². The van der Waals surface area contributed by atoms with Crippen molar-refractivity contribution in [3.05, 3.63) is 102 Å². The molecule has 2 aliphatic heterocycles. The molecule has 40 heavy (non-hydrogen) atoms. The summed E-state index contributed by atoms with van der Waals surface area (Å²) in [5.41, 5.74) is 1.68. The number of hydrogen-bond acceptors (Lipinski definition) is 7. The number of halogens is 2. The number of aromatic nitrogens is 1. The van der Waals surface area contributed by atoms with E-state index in [1.807, 2.05) is 0 Å². The second-order valence-corrected chi connectivity index (χ2v) is 12.8. The lowest BCUT2D eigenvalue weighted by atomic mass is 9.83. The van der Waals surface area contributed by atoms with E-state index in [4.69, 9.17) is 11.6 Å². The highest BCUT2D eigenvalue weighted by Crippen LogP contribution is 2.54. The Balaban J connectivity index is 1.40. The molecule has 3 atom stereocenters. The van der Waals surface area contributed by atoms with Gasteiger partial charge in [0.25, 0.3) is 0 Å². The number of phenols is 1. The maximum atomic E-state index is 13.9. The molecule has 8 nitrogen and oxygen atoms in total. The van der Waals surface area contributed by atoms with Crippen LogP contribution < -0.4 is 15.1 Å². The second-order valence-electron chi connectivity index (χ2n) is 9.30. The Kier molecular flexibility index (Phi) is 7.07. The van der Waals surface area contributed by atoms with Crippen molar-refractivity contribution < 1.29 is 19.5 Å². The number of benzene rings is 3. The molecule has 1 fully saturated rings. The highest BCUT2D eigenvalue weighted by Gasteiger charge is 2.56. The molecule has 4 aromatic rings. The quantitative estimate of drug-likeness (QED) is 0.276. The number of phenolic OH excluding ortho intramolecular Hbond substituents is 1. The third-order valence-electron chi connectivity index (χ3n) is 6.82. The highest BCUT2D eigenvalue weighted by molar-refractivity contribution is 9.10. The standard InChI is InChI=1S/C28H19BrClN3O5S2/c29-15-3-9-18(10-4-15)33-25(36)22-21(14-1-11-19(34)12-2-14)24-27(39-23(22)26(33)37)32(28(38)40-24)13-20(35)31-17-7-5-16(30)6-8-17/h1-12,21-23,34H,13H2,(H,31,35)/t21-,22?,23?/m0/s1. The molecule has 6 rings (SSSR count). The molecule has 0 spiro atoms. The molecule has 1 saturated heterocycles. The summed E-state index contributed by atoms with van der Waals surface area (Å²) in [5, 5.41) is 12.9. The summed E-state index contributed by atoms with van der Waals surface area (Å²) in [7, 11) is 0. The number of thiazole rings is 1. The van der Waals surface area contributed by atoms with Crippen LogP contribution in [0.5, 0.6) is 5.75 Å². The highest BCUT2D eigenvalue weighted by atomic mass is 79.9. The second kappa shape index (κ2) is 10.5. The summed E-state index contributed by atoms with van der Waals surface area (Å²) in [4.78, 5) is 55.2. The summed E-state index contributed by atoms with van der Waals surface area (Å²) in [6.07, 6.45) is 0. The van der Waals surface area contributed by atoms with E-state index in [0.29, 0.717) is 31.9 Å². The van der Waals surface area contributed by atoms with Crippen LogP contribution in [-0.4, -0.2) is 32.6 Å². The Labute approximate surface area is 249 Å². The number of imide groups is 1. The Morgan fingerprint density at radius 2 is 1.62 bits per heavy atom. The molecule has 2 unspecified atom stereocenters. The zero-order valence-electron chi connectivity index (χ0n) is 20.4. The third-order valence-corrected chi connectivity index (χ3v) is 10.2. The molecule has 0 aliphatic carbocycles. The average molecular weight is 657 g/mol. The molecule has 0 bridgehead atoms. The predicted octanol–water partition coefficient (Wildman–Crippen LogP) is 5.47. The van der Waals surface area contributed by atoms with Gasteiger partial charge < -0.3 is 10.4 Å². The van der Waals surface area contributed by atoms with Crippen LogP contribution in [-0.2, 0) is 20.9 Å². The fourth-order valence-electron chi connectivity index (χ4n) is 5.02. The van der Waals surface area contributed by atoms with Gasteiger partial charge in [-0.05, 0) is 66.2 Å². The van der Waals surface area contributed by atoms with E-state index in [-0.39, 0.29) is 29.0 Å². The molecule has 202 valence electrons. The van der Waals surface area contributed by atoms with E-state index in [9.17, 15) is 24.3 Å². The van der Waals surface area contributed by atoms with Gasteiger partial charge in [-0.1, -0.05) is 62.8 Å². The lowest BCUT2D eigenvalue weighted by molar-refractivity contribution is -0.122. The van der Waals surface area contributed by atoms with Crippen LogP contribution in [0.2, 0.25) is 5.02 Å². The number of nitrogens with one attached hydrogen (secondary N) is 1. The molecule has 3 amide bonds. The largest absolute Gasteiger partial charge is 0.508 e. The summed E-state index contributed by atoms with van der Waals surface area (Å²) < 4.78 is 2.17. The van der Waals surface area contributed by atoms with Crippen molar-refractivity contribution in [1.82, 2.24) is 4.57 Å². The Hall–Kier alpha value is -3.38. The molecule has 3 heterocycles. The number of anilines is 2. The van der Waals surface area contributed by atoms with E-state index in [2.05, 4.69) is 21.2 Å². The van der Waals surface area contributed by atoms with E-state index in [0.717, 1.165) is 27.6 Å². The van der Waals surface area contributed by atoms with E-state index < -0.39 is 23.0 Å². The van der Waals surface area contributed by atoms with Crippen LogP contribution in [0.25, 0.3) is 0 Å². The molecule has 2 aliphatic rings. The normalized spacial score (nSPS) is 19.9. The molecule has 0 saturated carbocycles. The first-order valence-corrected chi connectivity index (χ1v) is 15.0. The number of hydrogen-bond donors (Lipinski definition) is 2. The van der Waals surface area contributed by atoms with Gasteiger partial charge in [-0.2, -0.15) is 0 Å². The molecule has 2 N–H and O–H groups in total. The minimum Gasteiger partial charge on any atom is -0.508 e. The molecule has 0 radical (unpaired) electrons. The summed E-state index contributed by atoms with van der Waals surface area (Å²) in [6, 6.07) is 19.9. The van der Waals surface area contributed by atoms with Gasteiger partial charge in [0.2, 0.25) is 17.7 Å². The van der Waals surface area contributed by atoms with Crippen molar-refractivity contribution in [2.24, 2.45) is 5.92 Å². The van der Waals surface area contributed by atoms with Crippen molar-refractivity contribution in [1.29, 1.82) is 0 Å². The minimum atomic E-state index is -0.804. The van der Waals surface area contributed by atoms with Crippen molar-refractivity contribution in [3.8, 4) is 5.75 Å². The molecule has 12 heteroatoms. The number of carbonyl (C=O) groups excluding carboxylic acids is 3. The maximum absolute atomic E-state index is 13.9. The fourth-order valence-corrected chi connectivity index (χ4v) is 8.18. The SMILES string of the molecule is O=C(Cn1c2c(sc1=O)[C@@H](c1ccc(O)cc1)C1C(=O)N(c3ccc(Br)cc3)C(=O)C1S2)Nc1ccc(Cl)cc1. The number of carbonyl (C=O) groups is 3. The zero-order chi connectivity index (χ0) is 28.1. The fraction of sp³-hybridized carbons (Fsp3) is 0.143. The van der Waals surface area contributed by atoms with E-state index in [1.54, 1.807) is 60.7 Å². The number of amides is 3. The zero-order valence-corrected chi connectivity index (χ0v) is 24.4. The number of aromatic hydroxyl groups is 1. The lowest BCUT2D eigenvalue weighted by Gasteiger charge is -2.30. The predicted molar refractivity (Wildman–Crippen MR) is 158 cm³/mol. The van der Waals surface area contributed by atoms with Crippen LogP contribution in [0.1, 0.15) is 16.4 Å². The number of thioether (sulfide) groups is 1. The first-order valence-electron chi connectivity index (χ1n) is 12.1. The van der Waals surface area contributed by atoms with Crippen LogP contribution in [0, 0.1) is 5.92 Å². The number of fused-ring (bicyclic) bond motifs is 2. The number of rotatable bonds is 5. The van der Waals surface area contributed by atoms with Gasteiger partial charge in [-0.25, -0.2) is 4.90 Å². The van der Waals surface area contributed by atoms with Crippen molar-refractivity contribution in [2.75, 3.05) is 10.2 Å². The van der Waals surface area contributed by atoms with Crippen LogP contribution >= 0.6 is 50.6 Å². The molecule has 3 aromatic carbocycles. The topological polar surface area (TPSA) is 109 Å². The Bertz CT molecular complexity index is 1700. The van der Waals surface area contributed by atoms with Crippen LogP contribution in [0.4, 0.5) is 11.4 Å². The van der Waals surface area contributed by atoms with Gasteiger partial charge in [-0.15, -0.1) is 0 Å². The third kappa shape index (κ3) is 4.77. The summed E-state index contributed by atoms with van der Waals surface area (Å²) >= 11 is 11.4. The van der Waals surface area contributed by atoms with Crippen molar-refractivity contribution in [2.45, 2.75) is 22.7 Å². The summed E-state index contributed by atoms with van der Waals surface area (Å²) in [6.45, 7) is -0.265. The van der Waals surface area contributed by atoms with Gasteiger partial charge in [-0.3, -0.25) is 23.7 Å². The van der Waals surface area contributed by atoms with Gasteiger partial charge in [0.05, 0.1) is 16.6 Å². The van der Waals surface area contributed by atoms with Crippen molar-refractivity contribution in [3.63, 3.8) is 0 Å². The van der Waals surface area contributed by atoms with Crippen molar-refractivity contribution >= 4 is 79.7 Å². The summed E-state index contributed by atoms with van der Waals surface area (Å²) in [5.74, 6) is -2.49. The first kappa shape index (κ1) is 26.8. The molecule has 1 aromatic heterocycles. The Morgan fingerprint density at radius 3 is 2.30 bits per heavy atom. The molecular formula is C28H19BrClN3O5S2. The van der Waals surface area contributed by atoms with Gasteiger partial charge >= 0.3 is 4.87 Å². The lowest BCUT2D eigenvalue weighted by Crippen LogP contribution is -2.33. The van der Waals surface area contributed by atoms with Gasteiger partial charge in [0, 0.05) is 26.0 Å². The monoisotopic (exact) mass is 655 g/mol. The number of nitrogens with zero attached hydrogens (tertiary/aromatic N) is 2. The van der Waals surface area contributed by atoms with E-state index in [1.165, 1.54) is 21.6 Å². The van der Waals surface area contributed by atoms with Crippen LogP contribution in [0.15, 0.2) is 87.1 Å². The van der Waals surface area contributed by atoms with E-state index >= 15 is 0 Å².